The molecule has 1 aliphatic heterocycles. The summed E-state index contributed by atoms with van der Waals surface area (Å²) in [7, 11) is 0. The van der Waals surface area contributed by atoms with Crippen molar-refractivity contribution in [2.45, 2.75) is 24.7 Å². The lowest BCUT2D eigenvalue weighted by molar-refractivity contribution is 0.572. The van der Waals surface area contributed by atoms with Gasteiger partial charge < -0.3 is 4.90 Å². The third kappa shape index (κ3) is 2.71. The third-order valence-electron chi connectivity index (χ3n) is 5.25. The van der Waals surface area contributed by atoms with Gasteiger partial charge in [-0.05, 0) is 54.0 Å². The highest BCUT2D eigenvalue weighted by atomic mass is 19.1. The lowest BCUT2D eigenvalue weighted by atomic mass is 10.0. The number of rotatable bonds is 4. The molecule has 0 radical (unpaired) electrons. The van der Waals surface area contributed by atoms with Crippen molar-refractivity contribution in [1.29, 1.82) is 0 Å². The van der Waals surface area contributed by atoms with Gasteiger partial charge in [-0.1, -0.05) is 6.07 Å². The van der Waals surface area contributed by atoms with Gasteiger partial charge in [-0.25, -0.2) is 24.3 Å². The van der Waals surface area contributed by atoms with E-state index in [-0.39, 0.29) is 5.82 Å². The summed E-state index contributed by atoms with van der Waals surface area (Å²) < 4.78 is 14.1. The average molecular weight is 347 g/mol. The minimum Gasteiger partial charge on any atom is -0.369 e. The number of aromatic nitrogens is 4. The van der Waals surface area contributed by atoms with E-state index < -0.39 is 0 Å². The zero-order valence-electron chi connectivity index (χ0n) is 14.2. The smallest absolute Gasteiger partial charge is 0.197 e. The molecule has 0 N–H and O–H groups in total. The summed E-state index contributed by atoms with van der Waals surface area (Å²) in [5.74, 6) is 1.76. The van der Waals surface area contributed by atoms with Crippen LogP contribution in [-0.4, -0.2) is 33.0 Å². The van der Waals surface area contributed by atoms with Gasteiger partial charge in [-0.3, -0.25) is 0 Å². The van der Waals surface area contributed by atoms with Crippen molar-refractivity contribution in [2.24, 2.45) is 0 Å². The van der Waals surface area contributed by atoms with Gasteiger partial charge >= 0.3 is 0 Å². The number of halogens is 1. The Balaban J connectivity index is 1.34. The van der Waals surface area contributed by atoms with Gasteiger partial charge in [0, 0.05) is 37.9 Å². The molecule has 130 valence electrons. The lowest BCUT2D eigenvalue weighted by Crippen LogP contribution is -2.37. The van der Waals surface area contributed by atoms with Gasteiger partial charge in [0.15, 0.2) is 11.6 Å². The Labute approximate surface area is 151 Å². The molecule has 2 atom stereocenters. The predicted octanol–water partition coefficient (Wildman–Crippen LogP) is 3.55. The van der Waals surface area contributed by atoms with Crippen molar-refractivity contribution in [3.63, 3.8) is 0 Å². The molecule has 1 aliphatic carbocycles. The molecule has 26 heavy (non-hydrogen) atoms. The first kappa shape index (κ1) is 15.4. The lowest BCUT2D eigenvalue weighted by Gasteiger charge is -2.33. The van der Waals surface area contributed by atoms with Crippen LogP contribution in [0.4, 0.5) is 10.1 Å². The second-order valence-corrected chi connectivity index (χ2v) is 6.91. The molecule has 5 rings (SSSR count). The van der Waals surface area contributed by atoms with Crippen LogP contribution >= 0.6 is 0 Å². The summed E-state index contributed by atoms with van der Waals surface area (Å²) in [6.07, 6.45) is 9.29. The van der Waals surface area contributed by atoms with Gasteiger partial charge in [0.2, 0.25) is 0 Å². The molecule has 3 heterocycles. The van der Waals surface area contributed by atoms with Gasteiger partial charge in [0.25, 0.3) is 0 Å². The molecular weight excluding hydrogens is 329 g/mol. The summed E-state index contributed by atoms with van der Waals surface area (Å²) in [4.78, 5) is 19.3. The van der Waals surface area contributed by atoms with Crippen molar-refractivity contribution in [3.8, 4) is 11.6 Å². The second kappa shape index (κ2) is 6.12. The molecule has 0 spiro atoms. The monoisotopic (exact) mass is 347 g/mol. The highest BCUT2D eigenvalue weighted by Crippen LogP contribution is 2.55. The Morgan fingerprint density at radius 3 is 2.27 bits per heavy atom. The Kier molecular flexibility index (Phi) is 3.62. The first-order valence-corrected chi connectivity index (χ1v) is 8.93. The van der Waals surface area contributed by atoms with E-state index in [0.717, 1.165) is 37.2 Å². The van der Waals surface area contributed by atoms with Gasteiger partial charge in [-0.2, -0.15) is 0 Å². The molecular formula is C20H18FN5. The van der Waals surface area contributed by atoms with Crippen molar-refractivity contribution >= 4 is 5.69 Å². The number of hydrogen-bond donors (Lipinski definition) is 0. The minimum atomic E-state index is -0.124. The van der Waals surface area contributed by atoms with Crippen LogP contribution in [0.25, 0.3) is 11.6 Å². The van der Waals surface area contributed by atoms with Crippen LogP contribution in [0.15, 0.2) is 49.1 Å². The standard InChI is InChI=1S/C20H18FN5/c21-17-4-3-13(9-18(17)26-7-2-8-26)15-10-16(15)14-11-24-20(25-12-14)19-22-5-1-6-23-19/h1,3-6,9,11-12,15-16H,2,7-8,10H2/t15-,16-/m0/s1. The van der Waals surface area contributed by atoms with Crippen molar-refractivity contribution < 1.29 is 4.39 Å². The summed E-state index contributed by atoms with van der Waals surface area (Å²) >= 11 is 0. The van der Waals surface area contributed by atoms with Crippen molar-refractivity contribution in [2.75, 3.05) is 18.0 Å². The van der Waals surface area contributed by atoms with Gasteiger partial charge in [0.05, 0.1) is 5.69 Å². The maximum absolute atomic E-state index is 14.1. The number of hydrogen-bond acceptors (Lipinski definition) is 5. The van der Waals surface area contributed by atoms with E-state index >= 15 is 0 Å². The summed E-state index contributed by atoms with van der Waals surface area (Å²) in [6.45, 7) is 1.90. The molecule has 2 aromatic heterocycles. The highest BCUT2D eigenvalue weighted by molar-refractivity contribution is 5.54. The van der Waals surface area contributed by atoms with Crippen molar-refractivity contribution in [3.05, 3.63) is 66.0 Å². The van der Waals surface area contributed by atoms with E-state index in [1.54, 1.807) is 24.5 Å². The SMILES string of the molecule is Fc1ccc([C@@H]2C[C@H]2c2cnc(-c3ncccn3)nc2)cc1N1CCC1. The Morgan fingerprint density at radius 2 is 1.58 bits per heavy atom. The molecule has 2 aliphatic rings. The molecule has 6 heteroatoms. The van der Waals surface area contributed by atoms with E-state index in [9.17, 15) is 4.39 Å². The van der Waals surface area contributed by atoms with Crippen LogP contribution in [0.1, 0.15) is 35.8 Å². The van der Waals surface area contributed by atoms with Crippen LogP contribution in [-0.2, 0) is 0 Å². The Bertz CT molecular complexity index is 925. The normalized spacial score (nSPS) is 21.3. The van der Waals surface area contributed by atoms with E-state index in [4.69, 9.17) is 0 Å². The molecule has 0 amide bonds. The molecule has 2 fully saturated rings. The minimum absolute atomic E-state index is 0.124. The number of nitrogens with zero attached hydrogens (tertiary/aromatic N) is 5. The number of benzene rings is 1. The Morgan fingerprint density at radius 1 is 0.885 bits per heavy atom. The fraction of sp³-hybridized carbons (Fsp3) is 0.300. The van der Waals surface area contributed by atoms with Crippen LogP contribution in [0.2, 0.25) is 0 Å². The van der Waals surface area contributed by atoms with Crippen LogP contribution < -0.4 is 4.90 Å². The molecule has 5 nitrogen and oxygen atoms in total. The van der Waals surface area contributed by atoms with E-state index in [1.807, 2.05) is 24.5 Å². The predicted molar refractivity (Wildman–Crippen MR) is 96.4 cm³/mol. The molecule has 1 saturated carbocycles. The molecule has 0 unspecified atom stereocenters. The number of anilines is 1. The highest BCUT2D eigenvalue weighted by Gasteiger charge is 2.40. The molecule has 3 aromatic rings. The third-order valence-corrected chi connectivity index (χ3v) is 5.25. The van der Waals surface area contributed by atoms with E-state index in [1.165, 1.54) is 5.56 Å². The summed E-state index contributed by atoms with van der Waals surface area (Å²) in [5.41, 5.74) is 3.06. The van der Waals surface area contributed by atoms with E-state index in [2.05, 4.69) is 24.8 Å². The van der Waals surface area contributed by atoms with E-state index in [0.29, 0.717) is 23.5 Å². The second-order valence-electron chi connectivity index (χ2n) is 6.91. The van der Waals surface area contributed by atoms with Gasteiger partial charge in [-0.15, -0.1) is 0 Å². The topological polar surface area (TPSA) is 54.8 Å². The average Bonchev–Trinajstić information content (AvgIpc) is 3.44. The molecule has 1 aromatic carbocycles. The van der Waals surface area contributed by atoms with Crippen LogP contribution in [0.3, 0.4) is 0 Å². The zero-order chi connectivity index (χ0) is 17.5. The molecule has 1 saturated heterocycles. The summed E-state index contributed by atoms with van der Waals surface area (Å²) in [6, 6.07) is 7.30. The van der Waals surface area contributed by atoms with Crippen LogP contribution in [0, 0.1) is 5.82 Å². The maximum Gasteiger partial charge on any atom is 0.197 e. The van der Waals surface area contributed by atoms with Crippen molar-refractivity contribution in [1.82, 2.24) is 19.9 Å². The zero-order valence-corrected chi connectivity index (χ0v) is 14.2. The summed E-state index contributed by atoms with van der Waals surface area (Å²) in [5, 5.41) is 0. The quantitative estimate of drug-likeness (QED) is 0.722. The maximum atomic E-state index is 14.1. The first-order chi connectivity index (χ1) is 12.8. The largest absolute Gasteiger partial charge is 0.369 e. The van der Waals surface area contributed by atoms with Crippen LogP contribution in [0.5, 0.6) is 0 Å². The fourth-order valence-corrected chi connectivity index (χ4v) is 3.55. The first-order valence-electron chi connectivity index (χ1n) is 8.93. The molecule has 0 bridgehead atoms. The fourth-order valence-electron chi connectivity index (χ4n) is 3.55. The Hall–Kier alpha value is -2.89. The van der Waals surface area contributed by atoms with Gasteiger partial charge in [0.1, 0.15) is 5.82 Å².